The second-order valence-electron chi connectivity index (χ2n) is 4.71. The van der Waals surface area contributed by atoms with Crippen LogP contribution in [0.2, 0.25) is 0 Å². The van der Waals surface area contributed by atoms with E-state index in [0.29, 0.717) is 52.6 Å². The Labute approximate surface area is 107 Å². The Hall–Kier alpha value is -0.320. The van der Waals surface area contributed by atoms with Gasteiger partial charge in [0, 0.05) is 0 Å². The first-order valence-electron chi connectivity index (χ1n) is 5.88. The van der Waals surface area contributed by atoms with Gasteiger partial charge in [-0.25, -0.2) is 0 Å². The zero-order valence-corrected chi connectivity index (χ0v) is 11.1. The van der Waals surface area contributed by atoms with Crippen molar-refractivity contribution in [2.75, 3.05) is 66.7 Å². The Morgan fingerprint density at radius 3 is 1.06 bits per heavy atom. The van der Waals surface area contributed by atoms with Crippen LogP contribution in [0.4, 0.5) is 0 Å². The predicted octanol–water partition coefficient (Wildman–Crippen LogP) is -0.0606. The Balaban J connectivity index is 0.000000283. The van der Waals surface area contributed by atoms with E-state index >= 15 is 0 Å². The molecule has 0 aromatic rings. The number of morpholine rings is 2. The first-order chi connectivity index (χ1) is 8.41. The molecule has 0 aliphatic carbocycles. The van der Waals surface area contributed by atoms with Gasteiger partial charge in [0.05, 0.1) is 40.5 Å². The molecule has 0 atom stereocenters. The van der Waals surface area contributed by atoms with Crippen molar-refractivity contribution in [3.63, 3.8) is 0 Å². The molecule has 0 saturated carbocycles. The van der Waals surface area contributed by atoms with E-state index in [4.69, 9.17) is 20.0 Å². The first kappa shape index (κ1) is 17.7. The summed E-state index contributed by atoms with van der Waals surface area (Å²) in [5, 5.41) is 34.0. The summed E-state index contributed by atoms with van der Waals surface area (Å²) < 4.78 is 9.73. The fraction of sp³-hybridized carbons (Fsp3) is 1.00. The van der Waals surface area contributed by atoms with E-state index in [2.05, 4.69) is 0 Å². The van der Waals surface area contributed by atoms with Crippen molar-refractivity contribution >= 4 is 0 Å². The van der Waals surface area contributed by atoms with Gasteiger partial charge in [-0.2, -0.15) is 0 Å². The van der Waals surface area contributed by atoms with Crippen LogP contribution in [0.25, 0.3) is 0 Å². The van der Waals surface area contributed by atoms with E-state index < -0.39 is 0 Å². The molecule has 8 nitrogen and oxygen atoms in total. The fourth-order valence-corrected chi connectivity index (χ4v) is 1.46. The molecule has 110 valence electrons. The summed E-state index contributed by atoms with van der Waals surface area (Å²) in [6, 6.07) is 0. The summed E-state index contributed by atoms with van der Waals surface area (Å²) in [5.41, 5.74) is 0. The minimum absolute atomic E-state index is 0.125. The first-order valence-corrected chi connectivity index (χ1v) is 5.88. The Morgan fingerprint density at radius 1 is 0.722 bits per heavy atom. The van der Waals surface area contributed by atoms with E-state index in [-0.39, 0.29) is 9.29 Å². The lowest BCUT2D eigenvalue weighted by Gasteiger charge is -2.41. The molecule has 2 fully saturated rings. The SMILES string of the molecule is C[N+]1([O-])CCOCC1.C[N+]1([O-])CCOCC1.OO. The maximum atomic E-state index is 11.0. The summed E-state index contributed by atoms with van der Waals surface area (Å²) in [4.78, 5) is 0. The minimum atomic E-state index is -0.125. The number of hydrogen-bond acceptors (Lipinski definition) is 6. The van der Waals surface area contributed by atoms with Gasteiger partial charge in [0.25, 0.3) is 0 Å². The quantitative estimate of drug-likeness (QED) is 0.276. The van der Waals surface area contributed by atoms with Gasteiger partial charge in [0.1, 0.15) is 26.2 Å². The van der Waals surface area contributed by atoms with Gasteiger partial charge in [0.2, 0.25) is 0 Å². The van der Waals surface area contributed by atoms with Gasteiger partial charge < -0.3 is 29.2 Å². The van der Waals surface area contributed by atoms with E-state index in [0.717, 1.165) is 0 Å². The standard InChI is InChI=1S/2C5H11NO2.H2O2/c2*1-6(7)2-4-8-5-3-6;1-2/h2*2-5H2,1H3;1-2H. The highest BCUT2D eigenvalue weighted by molar-refractivity contribution is 4.45. The Kier molecular flexibility index (Phi) is 8.57. The van der Waals surface area contributed by atoms with Crippen LogP contribution in [0.15, 0.2) is 0 Å². The zero-order valence-electron chi connectivity index (χ0n) is 11.1. The lowest BCUT2D eigenvalue weighted by molar-refractivity contribution is -0.869. The van der Waals surface area contributed by atoms with E-state index in [1.165, 1.54) is 0 Å². The highest BCUT2D eigenvalue weighted by Crippen LogP contribution is 2.03. The lowest BCUT2D eigenvalue weighted by atomic mass is 10.4. The molecule has 2 saturated heterocycles. The fourth-order valence-electron chi connectivity index (χ4n) is 1.46. The monoisotopic (exact) mass is 268 g/mol. The molecule has 0 aromatic heterocycles. The molecule has 0 amide bonds. The van der Waals surface area contributed by atoms with Gasteiger partial charge in [-0.3, -0.25) is 10.5 Å². The molecule has 2 heterocycles. The van der Waals surface area contributed by atoms with Crippen molar-refractivity contribution in [3.8, 4) is 0 Å². The van der Waals surface area contributed by atoms with Crippen molar-refractivity contribution in [2.24, 2.45) is 0 Å². The number of ether oxygens (including phenoxy) is 2. The number of nitrogens with zero attached hydrogens (tertiary/aromatic N) is 2. The third kappa shape index (κ3) is 8.72. The topological polar surface area (TPSA) is 105 Å². The van der Waals surface area contributed by atoms with Crippen molar-refractivity contribution < 1.29 is 29.3 Å². The predicted molar refractivity (Wildman–Crippen MR) is 65.5 cm³/mol. The molecule has 2 aliphatic heterocycles. The molecule has 0 radical (unpaired) electrons. The zero-order chi connectivity index (χ0) is 14.1. The van der Waals surface area contributed by atoms with Crippen LogP contribution in [0.3, 0.4) is 0 Å². The summed E-state index contributed by atoms with van der Waals surface area (Å²) >= 11 is 0. The van der Waals surface area contributed by atoms with Crippen LogP contribution < -0.4 is 0 Å². The molecule has 2 aliphatic rings. The number of quaternary nitrogens is 2. The number of likely N-dealkylation sites (N-methyl/N-ethyl adjacent to an activating group) is 2. The second kappa shape index (κ2) is 8.73. The van der Waals surface area contributed by atoms with Crippen LogP contribution in [0.5, 0.6) is 0 Å². The second-order valence-corrected chi connectivity index (χ2v) is 4.71. The molecular weight excluding hydrogens is 244 g/mol. The summed E-state index contributed by atoms with van der Waals surface area (Å²) in [6.07, 6.45) is 0. The maximum absolute atomic E-state index is 11.0. The van der Waals surface area contributed by atoms with Crippen LogP contribution in [0.1, 0.15) is 0 Å². The summed E-state index contributed by atoms with van der Waals surface area (Å²) in [5.74, 6) is 0. The number of hydroxylamine groups is 6. The van der Waals surface area contributed by atoms with Gasteiger partial charge in [0.15, 0.2) is 0 Å². The van der Waals surface area contributed by atoms with Crippen LogP contribution in [-0.2, 0) is 9.47 Å². The molecule has 18 heavy (non-hydrogen) atoms. The van der Waals surface area contributed by atoms with Crippen LogP contribution in [-0.4, -0.2) is 86.5 Å². The third-order valence-corrected chi connectivity index (χ3v) is 2.83. The molecule has 2 N–H and O–H groups in total. The average Bonchev–Trinajstić information content (AvgIpc) is 2.32. The van der Waals surface area contributed by atoms with Gasteiger partial charge in [-0.15, -0.1) is 0 Å². The molecule has 0 spiro atoms. The molecular formula is C10H24N2O6. The van der Waals surface area contributed by atoms with E-state index in [1.807, 2.05) is 0 Å². The van der Waals surface area contributed by atoms with E-state index in [1.54, 1.807) is 14.1 Å². The van der Waals surface area contributed by atoms with Gasteiger partial charge in [-0.1, -0.05) is 0 Å². The molecule has 8 heteroatoms. The maximum Gasteiger partial charge on any atom is 0.102 e. The highest BCUT2D eigenvalue weighted by atomic mass is 17.0. The Bertz CT molecular complexity index is 175. The lowest BCUT2D eigenvalue weighted by Crippen LogP contribution is -2.46. The largest absolute Gasteiger partial charge is 0.633 e. The summed E-state index contributed by atoms with van der Waals surface area (Å²) in [6.45, 7) is 4.94. The smallest absolute Gasteiger partial charge is 0.102 e. The molecule has 2 rings (SSSR count). The third-order valence-electron chi connectivity index (χ3n) is 2.83. The molecule has 0 aromatic carbocycles. The summed E-state index contributed by atoms with van der Waals surface area (Å²) in [7, 11) is 3.37. The molecule has 0 unspecified atom stereocenters. The normalized spacial score (nSPS) is 25.0. The van der Waals surface area contributed by atoms with Gasteiger partial charge in [-0.05, 0) is 0 Å². The molecule has 0 bridgehead atoms. The Morgan fingerprint density at radius 2 is 0.944 bits per heavy atom. The minimum Gasteiger partial charge on any atom is -0.633 e. The van der Waals surface area contributed by atoms with E-state index in [9.17, 15) is 10.4 Å². The van der Waals surface area contributed by atoms with Gasteiger partial charge >= 0.3 is 0 Å². The van der Waals surface area contributed by atoms with Crippen LogP contribution >= 0.6 is 0 Å². The average molecular weight is 268 g/mol. The van der Waals surface area contributed by atoms with Crippen molar-refractivity contribution in [3.05, 3.63) is 10.4 Å². The highest BCUT2D eigenvalue weighted by Gasteiger charge is 2.14. The van der Waals surface area contributed by atoms with Crippen molar-refractivity contribution in [1.29, 1.82) is 0 Å². The van der Waals surface area contributed by atoms with Crippen molar-refractivity contribution in [1.82, 2.24) is 0 Å². The van der Waals surface area contributed by atoms with Crippen LogP contribution in [0, 0.1) is 10.4 Å². The number of hydrogen-bond donors (Lipinski definition) is 2. The van der Waals surface area contributed by atoms with Crippen molar-refractivity contribution in [2.45, 2.75) is 0 Å². The number of rotatable bonds is 0.